The fourth-order valence-corrected chi connectivity index (χ4v) is 2.28. The van der Waals surface area contributed by atoms with Gasteiger partial charge in [-0.2, -0.15) is 0 Å². The number of hydrogen-bond acceptors (Lipinski definition) is 3. The minimum Gasteiger partial charge on any atom is -0.314 e. The second-order valence-electron chi connectivity index (χ2n) is 4.84. The lowest BCUT2D eigenvalue weighted by molar-refractivity contribution is 0.208. The highest BCUT2D eigenvalue weighted by Gasteiger charge is 2.18. The van der Waals surface area contributed by atoms with E-state index in [1.54, 1.807) is 0 Å². The van der Waals surface area contributed by atoms with E-state index in [2.05, 4.69) is 22.6 Å². The molecule has 0 bridgehead atoms. The Balaban J connectivity index is 1.52. The number of nitrogens with zero attached hydrogens (tertiary/aromatic N) is 1. The minimum atomic E-state index is 0.765. The molecule has 3 nitrogen and oxygen atoms in total. The van der Waals surface area contributed by atoms with Crippen molar-refractivity contribution >= 4 is 0 Å². The molecule has 0 aliphatic carbocycles. The zero-order chi connectivity index (χ0) is 9.80. The van der Waals surface area contributed by atoms with Crippen molar-refractivity contribution in [2.75, 3.05) is 39.8 Å². The molecule has 2 aliphatic heterocycles. The van der Waals surface area contributed by atoms with Gasteiger partial charge in [0, 0.05) is 19.1 Å². The zero-order valence-electron chi connectivity index (χ0n) is 9.26. The standard InChI is InChI=1S/C11H23N3/c1-14-6-3-10(4-7-14)2-5-13-11-8-12-9-11/h10-13H,2-9H2,1H3. The number of nitrogens with one attached hydrogen (secondary N) is 2. The van der Waals surface area contributed by atoms with E-state index in [0.29, 0.717) is 0 Å². The molecule has 0 aromatic carbocycles. The molecular formula is C11H23N3. The van der Waals surface area contributed by atoms with Gasteiger partial charge >= 0.3 is 0 Å². The molecular weight excluding hydrogens is 174 g/mol. The van der Waals surface area contributed by atoms with Gasteiger partial charge in [-0.15, -0.1) is 0 Å². The lowest BCUT2D eigenvalue weighted by Crippen LogP contribution is -2.55. The maximum Gasteiger partial charge on any atom is 0.0317 e. The van der Waals surface area contributed by atoms with Crippen LogP contribution in [-0.4, -0.2) is 50.7 Å². The van der Waals surface area contributed by atoms with Crippen LogP contribution in [0.5, 0.6) is 0 Å². The first-order valence-corrected chi connectivity index (χ1v) is 5.97. The van der Waals surface area contributed by atoms with Crippen molar-refractivity contribution in [3.63, 3.8) is 0 Å². The first-order valence-electron chi connectivity index (χ1n) is 5.97. The predicted molar refractivity (Wildman–Crippen MR) is 59.5 cm³/mol. The third-order valence-corrected chi connectivity index (χ3v) is 3.61. The molecule has 2 fully saturated rings. The van der Waals surface area contributed by atoms with Crippen molar-refractivity contribution in [1.29, 1.82) is 0 Å². The molecule has 2 saturated heterocycles. The highest BCUT2D eigenvalue weighted by molar-refractivity contribution is 4.81. The Morgan fingerprint density at radius 2 is 2.00 bits per heavy atom. The Morgan fingerprint density at radius 3 is 2.57 bits per heavy atom. The predicted octanol–water partition coefficient (Wildman–Crippen LogP) is 0.280. The van der Waals surface area contributed by atoms with Crippen LogP contribution >= 0.6 is 0 Å². The van der Waals surface area contributed by atoms with Crippen LogP contribution in [0.1, 0.15) is 19.3 Å². The molecule has 0 unspecified atom stereocenters. The van der Waals surface area contributed by atoms with Crippen molar-refractivity contribution in [3.05, 3.63) is 0 Å². The molecule has 0 atom stereocenters. The van der Waals surface area contributed by atoms with E-state index in [0.717, 1.165) is 12.0 Å². The lowest BCUT2D eigenvalue weighted by Gasteiger charge is -2.31. The molecule has 2 rings (SSSR count). The normalized spacial score (nSPS) is 26.4. The van der Waals surface area contributed by atoms with Crippen molar-refractivity contribution < 1.29 is 0 Å². The quantitative estimate of drug-likeness (QED) is 0.678. The average Bonchev–Trinajstić information content (AvgIpc) is 2.12. The monoisotopic (exact) mass is 197 g/mol. The first-order chi connectivity index (χ1) is 6.84. The van der Waals surface area contributed by atoms with E-state index < -0.39 is 0 Å². The fourth-order valence-electron chi connectivity index (χ4n) is 2.28. The Kier molecular flexibility index (Phi) is 3.79. The molecule has 3 heteroatoms. The fraction of sp³-hybridized carbons (Fsp3) is 1.00. The molecule has 0 aromatic rings. The Hall–Kier alpha value is -0.120. The Bertz CT molecular complexity index is 160. The summed E-state index contributed by atoms with van der Waals surface area (Å²) < 4.78 is 0. The molecule has 0 radical (unpaired) electrons. The summed E-state index contributed by atoms with van der Waals surface area (Å²) in [6, 6.07) is 0.765. The maximum absolute atomic E-state index is 3.60. The molecule has 14 heavy (non-hydrogen) atoms. The van der Waals surface area contributed by atoms with Crippen LogP contribution in [0.2, 0.25) is 0 Å². The molecule has 82 valence electrons. The van der Waals surface area contributed by atoms with Crippen LogP contribution < -0.4 is 10.6 Å². The molecule has 0 saturated carbocycles. The van der Waals surface area contributed by atoms with Crippen LogP contribution in [0.25, 0.3) is 0 Å². The average molecular weight is 197 g/mol. The molecule has 0 aromatic heterocycles. The highest BCUT2D eigenvalue weighted by Crippen LogP contribution is 2.18. The van der Waals surface area contributed by atoms with Gasteiger partial charge in [0.05, 0.1) is 0 Å². The summed E-state index contributed by atoms with van der Waals surface area (Å²) in [7, 11) is 2.23. The molecule has 2 N–H and O–H groups in total. The van der Waals surface area contributed by atoms with Gasteiger partial charge in [-0.05, 0) is 51.9 Å². The highest BCUT2D eigenvalue weighted by atomic mass is 15.1. The second-order valence-corrected chi connectivity index (χ2v) is 4.84. The molecule has 2 aliphatic rings. The van der Waals surface area contributed by atoms with Gasteiger partial charge in [-0.1, -0.05) is 0 Å². The number of hydrogen-bond donors (Lipinski definition) is 2. The molecule has 2 heterocycles. The summed E-state index contributed by atoms with van der Waals surface area (Å²) in [5, 5.41) is 6.89. The van der Waals surface area contributed by atoms with Crippen LogP contribution in [0, 0.1) is 5.92 Å². The third kappa shape index (κ3) is 2.94. The van der Waals surface area contributed by atoms with Gasteiger partial charge in [0.25, 0.3) is 0 Å². The van der Waals surface area contributed by atoms with Gasteiger partial charge in [-0.25, -0.2) is 0 Å². The van der Waals surface area contributed by atoms with Crippen molar-refractivity contribution in [2.45, 2.75) is 25.3 Å². The SMILES string of the molecule is CN1CCC(CCNC2CNC2)CC1. The van der Waals surface area contributed by atoms with E-state index in [1.165, 1.54) is 52.0 Å². The van der Waals surface area contributed by atoms with Gasteiger partial charge < -0.3 is 15.5 Å². The summed E-state index contributed by atoms with van der Waals surface area (Å²) >= 11 is 0. The Labute approximate surface area is 87.2 Å². The van der Waals surface area contributed by atoms with Crippen molar-refractivity contribution in [2.24, 2.45) is 5.92 Å². The Morgan fingerprint density at radius 1 is 1.29 bits per heavy atom. The van der Waals surface area contributed by atoms with Crippen LogP contribution in [0.15, 0.2) is 0 Å². The lowest BCUT2D eigenvalue weighted by atomic mass is 9.94. The van der Waals surface area contributed by atoms with Crippen LogP contribution in [0.4, 0.5) is 0 Å². The number of piperidine rings is 1. The minimum absolute atomic E-state index is 0.765. The first kappa shape index (κ1) is 10.4. The summed E-state index contributed by atoms with van der Waals surface area (Å²) in [5.41, 5.74) is 0. The number of likely N-dealkylation sites (tertiary alicyclic amines) is 1. The van der Waals surface area contributed by atoms with Gasteiger partial charge in [0.15, 0.2) is 0 Å². The summed E-state index contributed by atoms with van der Waals surface area (Å²) in [4.78, 5) is 2.44. The van der Waals surface area contributed by atoms with E-state index in [9.17, 15) is 0 Å². The van der Waals surface area contributed by atoms with Gasteiger partial charge in [0.1, 0.15) is 0 Å². The third-order valence-electron chi connectivity index (χ3n) is 3.61. The van der Waals surface area contributed by atoms with E-state index in [1.807, 2.05) is 0 Å². The molecule has 0 amide bonds. The largest absolute Gasteiger partial charge is 0.314 e. The zero-order valence-corrected chi connectivity index (χ0v) is 9.26. The smallest absolute Gasteiger partial charge is 0.0317 e. The summed E-state index contributed by atoms with van der Waals surface area (Å²) in [6.07, 6.45) is 4.19. The number of rotatable bonds is 4. The van der Waals surface area contributed by atoms with E-state index in [-0.39, 0.29) is 0 Å². The van der Waals surface area contributed by atoms with Crippen LogP contribution in [0.3, 0.4) is 0 Å². The maximum atomic E-state index is 3.60. The van der Waals surface area contributed by atoms with Gasteiger partial charge in [-0.3, -0.25) is 0 Å². The van der Waals surface area contributed by atoms with Crippen LogP contribution in [-0.2, 0) is 0 Å². The van der Waals surface area contributed by atoms with Crippen molar-refractivity contribution in [1.82, 2.24) is 15.5 Å². The van der Waals surface area contributed by atoms with Crippen molar-refractivity contribution in [3.8, 4) is 0 Å². The van der Waals surface area contributed by atoms with E-state index in [4.69, 9.17) is 0 Å². The van der Waals surface area contributed by atoms with Gasteiger partial charge in [0.2, 0.25) is 0 Å². The summed E-state index contributed by atoms with van der Waals surface area (Å²) in [6.45, 7) is 6.17. The summed E-state index contributed by atoms with van der Waals surface area (Å²) in [5.74, 6) is 0.978. The topological polar surface area (TPSA) is 27.3 Å². The molecule has 0 spiro atoms. The second kappa shape index (κ2) is 5.10. The van der Waals surface area contributed by atoms with E-state index >= 15 is 0 Å².